The molecule has 1 rings (SSSR count). The summed E-state index contributed by atoms with van der Waals surface area (Å²) in [6, 6.07) is -0.366. The lowest BCUT2D eigenvalue weighted by Gasteiger charge is -2.18. The molecule has 0 spiro atoms. The summed E-state index contributed by atoms with van der Waals surface area (Å²) in [6.45, 7) is 0.111. The number of alkyl halides is 2. The molecule has 7 heteroatoms. The first-order chi connectivity index (χ1) is 9.34. The number of amides is 2. The van der Waals surface area contributed by atoms with E-state index in [1.165, 1.54) is 0 Å². The molecule has 2 amide bonds. The third kappa shape index (κ3) is 5.81. The van der Waals surface area contributed by atoms with Gasteiger partial charge in [0.2, 0.25) is 11.8 Å². The van der Waals surface area contributed by atoms with Gasteiger partial charge in [0.05, 0.1) is 13.1 Å². The Hall–Kier alpha value is -1.24. The van der Waals surface area contributed by atoms with Crippen molar-refractivity contribution in [1.82, 2.24) is 10.6 Å². The maximum Gasteiger partial charge on any atom is 0.277 e. The maximum atomic E-state index is 12.9. The average molecular weight is 291 g/mol. The van der Waals surface area contributed by atoms with Gasteiger partial charge in [0.15, 0.2) is 0 Å². The zero-order valence-electron chi connectivity index (χ0n) is 11.8. The Labute approximate surface area is 117 Å². The quantitative estimate of drug-likeness (QED) is 0.648. The largest absolute Gasteiger partial charge is 0.353 e. The molecule has 0 aliphatic heterocycles. The van der Waals surface area contributed by atoms with E-state index < -0.39 is 24.9 Å². The van der Waals surface area contributed by atoms with E-state index in [0.29, 0.717) is 0 Å². The van der Waals surface area contributed by atoms with Gasteiger partial charge < -0.3 is 16.4 Å². The number of carbonyl (C=O) groups excluding carboxylic acids is 2. The van der Waals surface area contributed by atoms with Crippen molar-refractivity contribution >= 4 is 11.8 Å². The molecule has 1 aliphatic rings. The second-order valence-corrected chi connectivity index (χ2v) is 5.43. The fraction of sp³-hybridized carbons (Fsp3) is 0.846. The number of hydrogen-bond donors (Lipinski definition) is 3. The fourth-order valence-electron chi connectivity index (χ4n) is 2.25. The van der Waals surface area contributed by atoms with E-state index in [1.807, 2.05) is 0 Å². The van der Waals surface area contributed by atoms with Crippen LogP contribution in [0.4, 0.5) is 8.78 Å². The maximum absolute atomic E-state index is 12.9. The molecule has 1 fully saturated rings. The molecule has 0 aromatic rings. The Morgan fingerprint density at radius 2 is 1.95 bits per heavy atom. The van der Waals surface area contributed by atoms with E-state index in [2.05, 4.69) is 10.6 Å². The van der Waals surface area contributed by atoms with Crippen molar-refractivity contribution < 1.29 is 18.4 Å². The summed E-state index contributed by atoms with van der Waals surface area (Å²) in [5.41, 5.74) is 4.87. The van der Waals surface area contributed by atoms with Gasteiger partial charge in [-0.1, -0.05) is 12.8 Å². The van der Waals surface area contributed by atoms with Gasteiger partial charge in [0, 0.05) is 18.4 Å². The molecule has 0 aromatic heterocycles. The van der Waals surface area contributed by atoms with Crippen LogP contribution in [0.1, 0.15) is 39.0 Å². The van der Waals surface area contributed by atoms with Crippen LogP contribution >= 0.6 is 0 Å². The molecule has 116 valence electrons. The van der Waals surface area contributed by atoms with Gasteiger partial charge in [-0.15, -0.1) is 0 Å². The Morgan fingerprint density at radius 3 is 2.50 bits per heavy atom. The molecule has 0 heterocycles. The van der Waals surface area contributed by atoms with Crippen LogP contribution in [-0.2, 0) is 9.59 Å². The molecule has 0 saturated heterocycles. The molecular formula is C13H23F2N3O2. The van der Waals surface area contributed by atoms with Crippen molar-refractivity contribution in [3.63, 3.8) is 0 Å². The zero-order valence-corrected chi connectivity index (χ0v) is 11.8. The number of nitrogens with two attached hydrogens (primary N) is 1. The predicted molar refractivity (Wildman–Crippen MR) is 71.2 cm³/mol. The zero-order chi connectivity index (χ0) is 15.2. The van der Waals surface area contributed by atoms with Crippen LogP contribution in [0.5, 0.6) is 0 Å². The molecule has 1 saturated carbocycles. The summed E-state index contributed by atoms with van der Waals surface area (Å²) in [4.78, 5) is 23.3. The van der Waals surface area contributed by atoms with Gasteiger partial charge in [-0.05, 0) is 19.8 Å². The number of halogens is 2. The standard InChI is InChI=1S/C13H23F2N3O2/c1-9(18-12(20)10-4-2-3-5-10)6-11(19)17-8-13(14,15)7-16/h9-10H,2-8,16H2,1H3,(H,17,19)(H,18,20). The summed E-state index contributed by atoms with van der Waals surface area (Å²) < 4.78 is 25.7. The topological polar surface area (TPSA) is 84.2 Å². The Balaban J connectivity index is 2.25. The van der Waals surface area contributed by atoms with Crippen molar-refractivity contribution in [1.29, 1.82) is 0 Å². The highest BCUT2D eigenvalue weighted by molar-refractivity contribution is 5.81. The van der Waals surface area contributed by atoms with Crippen LogP contribution in [0.25, 0.3) is 0 Å². The first-order valence-corrected chi connectivity index (χ1v) is 6.99. The van der Waals surface area contributed by atoms with Crippen LogP contribution in [0.2, 0.25) is 0 Å². The van der Waals surface area contributed by atoms with Gasteiger partial charge in [-0.3, -0.25) is 9.59 Å². The highest BCUT2D eigenvalue weighted by Gasteiger charge is 2.28. The highest BCUT2D eigenvalue weighted by Crippen LogP contribution is 2.24. The number of rotatable bonds is 7. The van der Waals surface area contributed by atoms with E-state index in [4.69, 9.17) is 5.73 Å². The van der Waals surface area contributed by atoms with Gasteiger partial charge in [0.25, 0.3) is 5.92 Å². The van der Waals surface area contributed by atoms with Crippen LogP contribution in [-0.4, -0.2) is 36.9 Å². The van der Waals surface area contributed by atoms with Crippen molar-refractivity contribution in [2.45, 2.75) is 51.0 Å². The lowest BCUT2D eigenvalue weighted by molar-refractivity contribution is -0.126. The van der Waals surface area contributed by atoms with E-state index in [1.54, 1.807) is 6.92 Å². The van der Waals surface area contributed by atoms with Crippen LogP contribution in [0.3, 0.4) is 0 Å². The molecule has 20 heavy (non-hydrogen) atoms. The molecule has 1 aliphatic carbocycles. The van der Waals surface area contributed by atoms with E-state index in [9.17, 15) is 18.4 Å². The predicted octanol–water partition coefficient (Wildman–Crippen LogP) is 0.782. The van der Waals surface area contributed by atoms with Gasteiger partial charge >= 0.3 is 0 Å². The lowest BCUT2D eigenvalue weighted by atomic mass is 10.1. The fourth-order valence-corrected chi connectivity index (χ4v) is 2.25. The molecular weight excluding hydrogens is 268 g/mol. The molecule has 5 nitrogen and oxygen atoms in total. The highest BCUT2D eigenvalue weighted by atomic mass is 19.3. The third-order valence-electron chi connectivity index (χ3n) is 3.45. The summed E-state index contributed by atoms with van der Waals surface area (Å²) >= 11 is 0. The second kappa shape index (κ2) is 7.52. The van der Waals surface area contributed by atoms with Crippen molar-refractivity contribution in [2.75, 3.05) is 13.1 Å². The van der Waals surface area contributed by atoms with E-state index in [0.717, 1.165) is 25.7 Å². The Morgan fingerprint density at radius 1 is 1.35 bits per heavy atom. The van der Waals surface area contributed by atoms with Crippen LogP contribution in [0.15, 0.2) is 0 Å². The molecule has 1 unspecified atom stereocenters. The minimum Gasteiger partial charge on any atom is -0.353 e. The first-order valence-electron chi connectivity index (χ1n) is 6.99. The molecule has 0 radical (unpaired) electrons. The van der Waals surface area contributed by atoms with Crippen molar-refractivity contribution in [3.8, 4) is 0 Å². The summed E-state index contributed by atoms with van der Waals surface area (Å²) in [5, 5.41) is 4.88. The summed E-state index contributed by atoms with van der Waals surface area (Å²) in [5.74, 6) is -3.62. The lowest BCUT2D eigenvalue weighted by Crippen LogP contribution is -2.44. The minimum absolute atomic E-state index is 0.0148. The number of nitrogens with one attached hydrogen (secondary N) is 2. The Kier molecular flexibility index (Phi) is 6.32. The number of carbonyl (C=O) groups is 2. The van der Waals surface area contributed by atoms with Gasteiger partial charge in [0.1, 0.15) is 0 Å². The molecule has 0 aromatic carbocycles. The van der Waals surface area contributed by atoms with Crippen LogP contribution in [0, 0.1) is 5.92 Å². The minimum atomic E-state index is -3.09. The summed E-state index contributed by atoms with van der Waals surface area (Å²) in [6.07, 6.45) is 3.86. The van der Waals surface area contributed by atoms with Crippen molar-refractivity contribution in [3.05, 3.63) is 0 Å². The van der Waals surface area contributed by atoms with Gasteiger partial charge in [-0.25, -0.2) is 8.78 Å². The van der Waals surface area contributed by atoms with E-state index >= 15 is 0 Å². The summed E-state index contributed by atoms with van der Waals surface area (Å²) in [7, 11) is 0. The van der Waals surface area contributed by atoms with E-state index in [-0.39, 0.29) is 24.3 Å². The Bertz CT molecular complexity index is 345. The molecule has 4 N–H and O–H groups in total. The van der Waals surface area contributed by atoms with Gasteiger partial charge in [-0.2, -0.15) is 0 Å². The number of hydrogen-bond acceptors (Lipinski definition) is 3. The smallest absolute Gasteiger partial charge is 0.277 e. The van der Waals surface area contributed by atoms with Crippen LogP contribution < -0.4 is 16.4 Å². The van der Waals surface area contributed by atoms with Crippen molar-refractivity contribution in [2.24, 2.45) is 11.7 Å². The monoisotopic (exact) mass is 291 g/mol. The SMILES string of the molecule is CC(CC(=O)NCC(F)(F)CN)NC(=O)C1CCCC1. The average Bonchev–Trinajstić information content (AvgIpc) is 2.90. The normalized spacial score (nSPS) is 17.8. The first kappa shape index (κ1) is 16.8. The third-order valence-corrected chi connectivity index (χ3v) is 3.45. The molecule has 0 bridgehead atoms. The second-order valence-electron chi connectivity index (χ2n) is 5.43. The molecule has 1 atom stereocenters.